The summed E-state index contributed by atoms with van der Waals surface area (Å²) >= 11 is 0. The molecule has 0 aliphatic carbocycles. The summed E-state index contributed by atoms with van der Waals surface area (Å²) in [7, 11) is 0. The number of carbonyl (C=O) groups is 1. The first-order chi connectivity index (χ1) is 8.10. The third-order valence-corrected chi connectivity index (χ3v) is 2.50. The molecule has 17 heavy (non-hydrogen) atoms. The average Bonchev–Trinajstić information content (AvgIpc) is 2.28. The molecule has 0 spiro atoms. The number of aryl methyl sites for hydroxylation is 1. The fourth-order valence-electron chi connectivity index (χ4n) is 1.72. The van der Waals surface area contributed by atoms with Crippen molar-refractivity contribution in [3.63, 3.8) is 0 Å². The van der Waals surface area contributed by atoms with Gasteiger partial charge in [-0.05, 0) is 47.9 Å². The second-order valence-corrected chi connectivity index (χ2v) is 3.87. The summed E-state index contributed by atoms with van der Waals surface area (Å²) in [5.41, 5.74) is 2.00. The molecule has 0 atom stereocenters. The van der Waals surface area contributed by atoms with Gasteiger partial charge in [-0.1, -0.05) is 12.1 Å². The standard InChI is InChI=1S/C14H10F2O/c1-9-4-11(7-13(15)5-9)10-2-3-14(16)12(6-10)8-17/h2-8H,1H3. The van der Waals surface area contributed by atoms with Gasteiger partial charge in [-0.2, -0.15) is 0 Å². The highest BCUT2D eigenvalue weighted by molar-refractivity contribution is 5.79. The number of hydrogen-bond donors (Lipinski definition) is 0. The summed E-state index contributed by atoms with van der Waals surface area (Å²) < 4.78 is 26.4. The fraction of sp³-hybridized carbons (Fsp3) is 0.0714. The highest BCUT2D eigenvalue weighted by Crippen LogP contribution is 2.23. The van der Waals surface area contributed by atoms with Gasteiger partial charge in [0.2, 0.25) is 0 Å². The lowest BCUT2D eigenvalue weighted by Gasteiger charge is -2.05. The van der Waals surface area contributed by atoms with Crippen molar-refractivity contribution in [3.05, 3.63) is 59.2 Å². The molecule has 0 fully saturated rings. The summed E-state index contributed by atoms with van der Waals surface area (Å²) in [6.07, 6.45) is 0.449. The molecular weight excluding hydrogens is 222 g/mol. The molecule has 0 bridgehead atoms. The monoisotopic (exact) mass is 232 g/mol. The number of aldehydes is 1. The molecule has 0 N–H and O–H groups in total. The van der Waals surface area contributed by atoms with Gasteiger partial charge in [0.15, 0.2) is 6.29 Å². The van der Waals surface area contributed by atoms with Gasteiger partial charge in [0.05, 0.1) is 5.56 Å². The van der Waals surface area contributed by atoms with Crippen molar-refractivity contribution >= 4 is 6.29 Å². The Morgan fingerprint density at radius 2 is 1.76 bits per heavy atom. The van der Waals surface area contributed by atoms with Crippen LogP contribution in [0.25, 0.3) is 11.1 Å². The first-order valence-corrected chi connectivity index (χ1v) is 5.12. The van der Waals surface area contributed by atoms with Gasteiger partial charge in [0, 0.05) is 0 Å². The van der Waals surface area contributed by atoms with Crippen molar-refractivity contribution in [2.24, 2.45) is 0 Å². The zero-order valence-electron chi connectivity index (χ0n) is 9.21. The molecule has 2 rings (SSSR count). The molecule has 86 valence electrons. The lowest BCUT2D eigenvalue weighted by atomic mass is 10.0. The van der Waals surface area contributed by atoms with Crippen molar-refractivity contribution in [3.8, 4) is 11.1 Å². The topological polar surface area (TPSA) is 17.1 Å². The minimum Gasteiger partial charge on any atom is -0.298 e. The minimum absolute atomic E-state index is 0.0237. The SMILES string of the molecule is Cc1cc(F)cc(-c2ccc(F)c(C=O)c2)c1. The van der Waals surface area contributed by atoms with Crippen LogP contribution < -0.4 is 0 Å². The predicted octanol–water partition coefficient (Wildman–Crippen LogP) is 3.75. The number of halogens is 2. The number of hydrogen-bond acceptors (Lipinski definition) is 1. The first-order valence-electron chi connectivity index (χ1n) is 5.12. The summed E-state index contributed by atoms with van der Waals surface area (Å²) in [4.78, 5) is 10.6. The maximum atomic E-state index is 13.2. The summed E-state index contributed by atoms with van der Waals surface area (Å²) in [5.74, 6) is -0.922. The van der Waals surface area contributed by atoms with Crippen molar-refractivity contribution < 1.29 is 13.6 Å². The smallest absolute Gasteiger partial charge is 0.153 e. The quantitative estimate of drug-likeness (QED) is 0.720. The lowest BCUT2D eigenvalue weighted by Crippen LogP contribution is -1.89. The van der Waals surface area contributed by atoms with Crippen LogP contribution >= 0.6 is 0 Å². The second kappa shape index (κ2) is 4.45. The van der Waals surface area contributed by atoms with E-state index in [9.17, 15) is 13.6 Å². The van der Waals surface area contributed by atoms with E-state index < -0.39 is 5.82 Å². The number of benzene rings is 2. The molecule has 0 heterocycles. The van der Waals surface area contributed by atoms with Gasteiger partial charge >= 0.3 is 0 Å². The molecule has 0 aliphatic heterocycles. The zero-order chi connectivity index (χ0) is 12.4. The largest absolute Gasteiger partial charge is 0.298 e. The molecule has 0 saturated heterocycles. The van der Waals surface area contributed by atoms with Crippen LogP contribution in [0.15, 0.2) is 36.4 Å². The van der Waals surface area contributed by atoms with Crippen molar-refractivity contribution in [1.82, 2.24) is 0 Å². The van der Waals surface area contributed by atoms with Crippen LogP contribution in [-0.4, -0.2) is 6.29 Å². The number of rotatable bonds is 2. The van der Waals surface area contributed by atoms with Crippen molar-refractivity contribution in [2.75, 3.05) is 0 Å². The normalized spacial score (nSPS) is 10.3. The maximum Gasteiger partial charge on any atom is 0.153 e. The zero-order valence-corrected chi connectivity index (χ0v) is 9.21. The van der Waals surface area contributed by atoms with E-state index in [1.807, 2.05) is 0 Å². The van der Waals surface area contributed by atoms with Gasteiger partial charge < -0.3 is 0 Å². The molecule has 2 aromatic carbocycles. The molecular formula is C14H10F2O. The molecule has 1 nitrogen and oxygen atoms in total. The Morgan fingerprint density at radius 1 is 1.00 bits per heavy atom. The molecule has 0 aliphatic rings. The van der Waals surface area contributed by atoms with Gasteiger partial charge in [0.1, 0.15) is 11.6 Å². The van der Waals surface area contributed by atoms with Crippen LogP contribution in [0.4, 0.5) is 8.78 Å². The third-order valence-electron chi connectivity index (χ3n) is 2.50. The van der Waals surface area contributed by atoms with E-state index in [1.54, 1.807) is 13.0 Å². The minimum atomic E-state index is -0.572. The van der Waals surface area contributed by atoms with Crippen LogP contribution in [0.3, 0.4) is 0 Å². The van der Waals surface area contributed by atoms with Crippen LogP contribution in [0, 0.1) is 18.6 Å². The van der Waals surface area contributed by atoms with Gasteiger partial charge in [0.25, 0.3) is 0 Å². The van der Waals surface area contributed by atoms with Crippen LogP contribution in [-0.2, 0) is 0 Å². The van der Waals surface area contributed by atoms with Crippen LogP contribution in [0.5, 0.6) is 0 Å². The highest BCUT2D eigenvalue weighted by atomic mass is 19.1. The molecule has 0 aromatic heterocycles. The van der Waals surface area contributed by atoms with Crippen LogP contribution in [0.1, 0.15) is 15.9 Å². The van der Waals surface area contributed by atoms with E-state index in [-0.39, 0.29) is 11.4 Å². The summed E-state index contributed by atoms with van der Waals surface area (Å²) in [6, 6.07) is 8.69. The molecule has 3 heteroatoms. The average molecular weight is 232 g/mol. The molecule has 0 unspecified atom stereocenters. The van der Waals surface area contributed by atoms with Crippen molar-refractivity contribution in [2.45, 2.75) is 6.92 Å². The Hall–Kier alpha value is -2.03. The molecule has 0 amide bonds. The fourth-order valence-corrected chi connectivity index (χ4v) is 1.72. The predicted molar refractivity (Wildman–Crippen MR) is 61.9 cm³/mol. The Labute approximate surface area is 97.7 Å². The molecule has 2 aromatic rings. The maximum absolute atomic E-state index is 13.2. The third kappa shape index (κ3) is 2.38. The van der Waals surface area contributed by atoms with E-state index in [0.717, 1.165) is 5.56 Å². The van der Waals surface area contributed by atoms with Crippen LogP contribution in [0.2, 0.25) is 0 Å². The molecule has 0 saturated carbocycles. The second-order valence-electron chi connectivity index (χ2n) is 3.87. The van der Waals surface area contributed by atoms with Gasteiger partial charge in [-0.25, -0.2) is 8.78 Å². The van der Waals surface area contributed by atoms with Gasteiger partial charge in [-0.3, -0.25) is 4.79 Å². The molecule has 0 radical (unpaired) electrons. The van der Waals surface area contributed by atoms with Crippen molar-refractivity contribution in [1.29, 1.82) is 0 Å². The first kappa shape index (κ1) is 11.5. The van der Waals surface area contributed by atoms with E-state index in [4.69, 9.17) is 0 Å². The summed E-state index contributed by atoms with van der Waals surface area (Å²) in [5, 5.41) is 0. The Kier molecular flexibility index (Phi) is 3.00. The summed E-state index contributed by atoms with van der Waals surface area (Å²) in [6.45, 7) is 1.77. The Bertz CT molecular complexity index is 556. The highest BCUT2D eigenvalue weighted by Gasteiger charge is 2.06. The van der Waals surface area contributed by atoms with Gasteiger partial charge in [-0.15, -0.1) is 0 Å². The van der Waals surface area contributed by atoms with E-state index in [2.05, 4.69) is 0 Å². The lowest BCUT2D eigenvalue weighted by molar-refractivity contribution is 0.112. The Balaban J connectivity index is 2.56. The van der Waals surface area contributed by atoms with E-state index >= 15 is 0 Å². The van der Waals surface area contributed by atoms with E-state index in [0.29, 0.717) is 17.4 Å². The Morgan fingerprint density at radius 3 is 2.41 bits per heavy atom. The number of carbonyl (C=O) groups excluding carboxylic acids is 1. The van der Waals surface area contributed by atoms with E-state index in [1.165, 1.54) is 30.3 Å².